The Morgan fingerprint density at radius 2 is 1.71 bits per heavy atom. The number of imide groups is 1. The lowest BCUT2D eigenvalue weighted by atomic mass is 10.1. The van der Waals surface area contributed by atoms with Crippen molar-refractivity contribution < 1.29 is 33.4 Å². The number of esters is 1. The molecule has 3 amide bonds. The molecule has 12 nitrogen and oxygen atoms in total. The van der Waals surface area contributed by atoms with E-state index in [1.165, 1.54) is 42.9 Å². The number of anilines is 1. The van der Waals surface area contributed by atoms with Gasteiger partial charge in [0.1, 0.15) is 17.5 Å². The predicted molar refractivity (Wildman–Crippen MR) is 132 cm³/mol. The SMILES string of the molecule is CCOc1ccc(C(=O)COC(=O)c2ccc(N3C(=O)CC(NNC(=O)c4cnccn4)C3=O)cc2)cc1. The normalized spacial score (nSPS) is 14.8. The maximum atomic E-state index is 12.8. The van der Waals surface area contributed by atoms with Crippen molar-refractivity contribution in [2.75, 3.05) is 18.1 Å². The number of benzene rings is 2. The zero-order valence-corrected chi connectivity index (χ0v) is 20.2. The summed E-state index contributed by atoms with van der Waals surface area (Å²) in [6, 6.07) is 11.1. The molecule has 38 heavy (non-hydrogen) atoms. The highest BCUT2D eigenvalue weighted by molar-refractivity contribution is 6.22. The van der Waals surface area contributed by atoms with Crippen LogP contribution in [0.25, 0.3) is 0 Å². The highest BCUT2D eigenvalue weighted by Gasteiger charge is 2.39. The molecule has 1 saturated heterocycles. The predicted octanol–water partition coefficient (Wildman–Crippen LogP) is 1.48. The van der Waals surface area contributed by atoms with Gasteiger partial charge in [-0.1, -0.05) is 0 Å². The minimum atomic E-state index is -0.985. The second-order valence-corrected chi connectivity index (χ2v) is 8.02. The molecule has 12 heteroatoms. The van der Waals surface area contributed by atoms with Crippen molar-refractivity contribution in [1.82, 2.24) is 20.8 Å². The summed E-state index contributed by atoms with van der Waals surface area (Å²) in [7, 11) is 0. The summed E-state index contributed by atoms with van der Waals surface area (Å²) in [6.45, 7) is 1.90. The van der Waals surface area contributed by atoms with E-state index in [0.29, 0.717) is 17.9 Å². The number of ether oxygens (including phenoxy) is 2. The van der Waals surface area contributed by atoms with E-state index in [9.17, 15) is 24.0 Å². The summed E-state index contributed by atoms with van der Waals surface area (Å²) in [4.78, 5) is 70.7. The van der Waals surface area contributed by atoms with E-state index in [1.54, 1.807) is 24.3 Å². The summed E-state index contributed by atoms with van der Waals surface area (Å²) >= 11 is 0. The molecule has 1 fully saturated rings. The molecular formula is C26H23N5O7. The Balaban J connectivity index is 1.31. The summed E-state index contributed by atoms with van der Waals surface area (Å²) in [5.41, 5.74) is 5.68. The van der Waals surface area contributed by atoms with Crippen molar-refractivity contribution in [3.8, 4) is 5.75 Å². The van der Waals surface area contributed by atoms with Crippen LogP contribution in [0.1, 0.15) is 44.5 Å². The largest absolute Gasteiger partial charge is 0.494 e. The molecule has 0 aliphatic carbocycles. The van der Waals surface area contributed by atoms with Gasteiger partial charge in [0.25, 0.3) is 11.8 Å². The topological polar surface area (TPSA) is 157 Å². The van der Waals surface area contributed by atoms with Crippen molar-refractivity contribution in [3.63, 3.8) is 0 Å². The van der Waals surface area contributed by atoms with Gasteiger partial charge >= 0.3 is 5.97 Å². The van der Waals surface area contributed by atoms with Crippen LogP contribution in [0.2, 0.25) is 0 Å². The molecule has 1 atom stereocenters. The lowest BCUT2D eigenvalue weighted by molar-refractivity contribution is -0.121. The van der Waals surface area contributed by atoms with E-state index >= 15 is 0 Å². The van der Waals surface area contributed by atoms with Gasteiger partial charge in [-0.25, -0.2) is 20.1 Å². The van der Waals surface area contributed by atoms with Crippen molar-refractivity contribution in [1.29, 1.82) is 0 Å². The first-order valence-electron chi connectivity index (χ1n) is 11.6. The van der Waals surface area contributed by atoms with Crippen LogP contribution in [-0.4, -0.2) is 58.7 Å². The smallest absolute Gasteiger partial charge is 0.338 e. The number of ketones is 1. The number of aromatic nitrogens is 2. The minimum Gasteiger partial charge on any atom is -0.494 e. The third-order valence-corrected chi connectivity index (χ3v) is 5.49. The fourth-order valence-electron chi connectivity index (χ4n) is 3.60. The van der Waals surface area contributed by atoms with Crippen molar-refractivity contribution in [2.24, 2.45) is 0 Å². The van der Waals surface area contributed by atoms with E-state index < -0.39 is 36.3 Å². The Bertz CT molecular complexity index is 1340. The zero-order valence-electron chi connectivity index (χ0n) is 20.2. The van der Waals surface area contributed by atoms with Gasteiger partial charge in [0.2, 0.25) is 5.91 Å². The molecule has 3 aromatic rings. The summed E-state index contributed by atoms with van der Waals surface area (Å²) in [6.07, 6.45) is 3.83. The first-order chi connectivity index (χ1) is 18.4. The third-order valence-electron chi connectivity index (χ3n) is 5.49. The van der Waals surface area contributed by atoms with Gasteiger partial charge in [0.05, 0.1) is 30.5 Å². The maximum absolute atomic E-state index is 12.8. The summed E-state index contributed by atoms with van der Waals surface area (Å²) in [5, 5.41) is 0. The van der Waals surface area contributed by atoms with Gasteiger partial charge in [-0.2, -0.15) is 0 Å². The van der Waals surface area contributed by atoms with Gasteiger partial charge in [-0.3, -0.25) is 29.6 Å². The number of Topliss-reactive ketones (excluding diaryl/α,β-unsaturated/α-hetero) is 1. The minimum absolute atomic E-state index is 0.0392. The average molecular weight is 517 g/mol. The average Bonchev–Trinajstić information content (AvgIpc) is 3.23. The molecule has 1 unspecified atom stereocenters. The second-order valence-electron chi connectivity index (χ2n) is 8.02. The lowest BCUT2D eigenvalue weighted by Crippen LogP contribution is -2.48. The van der Waals surface area contributed by atoms with Crippen LogP contribution in [-0.2, 0) is 14.3 Å². The molecule has 0 saturated carbocycles. The summed E-state index contributed by atoms with van der Waals surface area (Å²) < 4.78 is 10.4. The number of carbonyl (C=O) groups is 5. The Kier molecular flexibility index (Phi) is 8.14. The fourth-order valence-corrected chi connectivity index (χ4v) is 3.60. The number of hydrogen-bond donors (Lipinski definition) is 2. The highest BCUT2D eigenvalue weighted by atomic mass is 16.5. The van der Waals surface area contributed by atoms with Crippen LogP contribution in [0.3, 0.4) is 0 Å². The molecule has 194 valence electrons. The van der Waals surface area contributed by atoms with Gasteiger partial charge in [0.15, 0.2) is 12.4 Å². The van der Waals surface area contributed by atoms with Crippen LogP contribution in [0.4, 0.5) is 5.69 Å². The van der Waals surface area contributed by atoms with E-state index in [-0.39, 0.29) is 29.1 Å². The van der Waals surface area contributed by atoms with Crippen LogP contribution >= 0.6 is 0 Å². The van der Waals surface area contributed by atoms with Crippen LogP contribution in [0, 0.1) is 0 Å². The van der Waals surface area contributed by atoms with Crippen molar-refractivity contribution >= 4 is 35.2 Å². The standard InChI is InChI=1S/C26H23N5O7/c1-2-37-19-9-5-16(6-10-19)22(32)15-38-26(36)17-3-7-18(8-4-17)31-23(33)13-20(25(31)35)29-30-24(34)21-14-27-11-12-28-21/h3-12,14,20,29H,2,13,15H2,1H3,(H,30,34). The molecular weight excluding hydrogens is 494 g/mol. The zero-order chi connectivity index (χ0) is 27.1. The third kappa shape index (κ3) is 6.05. The van der Waals surface area contributed by atoms with Gasteiger partial charge < -0.3 is 9.47 Å². The number of nitrogens with one attached hydrogen (secondary N) is 2. The van der Waals surface area contributed by atoms with Crippen LogP contribution in [0.5, 0.6) is 5.75 Å². The Hall–Kier alpha value is -4.97. The quantitative estimate of drug-likeness (QED) is 0.175. The molecule has 1 aromatic heterocycles. The fraction of sp³-hybridized carbons (Fsp3) is 0.192. The first kappa shape index (κ1) is 26.1. The molecule has 1 aliphatic heterocycles. The number of carbonyl (C=O) groups excluding carboxylic acids is 5. The van der Waals surface area contributed by atoms with E-state index in [1.807, 2.05) is 6.92 Å². The van der Waals surface area contributed by atoms with Gasteiger partial charge in [-0.15, -0.1) is 0 Å². The van der Waals surface area contributed by atoms with Crippen LogP contribution < -0.4 is 20.5 Å². The molecule has 2 heterocycles. The second kappa shape index (κ2) is 11.8. The van der Waals surface area contributed by atoms with Crippen molar-refractivity contribution in [2.45, 2.75) is 19.4 Å². The first-order valence-corrected chi connectivity index (χ1v) is 11.6. The molecule has 2 N–H and O–H groups in total. The molecule has 0 radical (unpaired) electrons. The van der Waals surface area contributed by atoms with E-state index in [2.05, 4.69) is 20.8 Å². The maximum Gasteiger partial charge on any atom is 0.338 e. The Morgan fingerprint density at radius 3 is 2.37 bits per heavy atom. The number of rotatable bonds is 10. The summed E-state index contributed by atoms with van der Waals surface area (Å²) in [5.74, 6) is -2.16. The molecule has 4 rings (SSSR count). The van der Waals surface area contributed by atoms with Crippen LogP contribution in [0.15, 0.2) is 67.1 Å². The number of nitrogens with zero attached hydrogens (tertiary/aromatic N) is 3. The molecule has 2 aromatic carbocycles. The van der Waals surface area contributed by atoms with Gasteiger partial charge in [-0.05, 0) is 55.5 Å². The lowest BCUT2D eigenvalue weighted by Gasteiger charge is -2.16. The number of hydrazine groups is 1. The Morgan fingerprint density at radius 1 is 1.00 bits per heavy atom. The highest BCUT2D eigenvalue weighted by Crippen LogP contribution is 2.23. The monoisotopic (exact) mass is 517 g/mol. The van der Waals surface area contributed by atoms with E-state index in [0.717, 1.165) is 4.90 Å². The number of hydrogen-bond acceptors (Lipinski definition) is 10. The number of amides is 3. The van der Waals surface area contributed by atoms with E-state index in [4.69, 9.17) is 9.47 Å². The molecule has 0 bridgehead atoms. The van der Waals surface area contributed by atoms with Gasteiger partial charge in [0, 0.05) is 18.0 Å². The Labute approximate surface area is 216 Å². The molecule has 1 aliphatic rings. The molecule has 0 spiro atoms. The van der Waals surface area contributed by atoms with Crippen molar-refractivity contribution in [3.05, 3.63) is 83.9 Å².